The molecular weight excluding hydrogens is 230 g/mol. The van der Waals surface area contributed by atoms with Gasteiger partial charge in [0.15, 0.2) is 0 Å². The lowest BCUT2D eigenvalue weighted by molar-refractivity contribution is -0.135. The van der Waals surface area contributed by atoms with Gasteiger partial charge < -0.3 is 19.8 Å². The van der Waals surface area contributed by atoms with E-state index in [2.05, 4.69) is 4.74 Å². The molecule has 0 saturated heterocycles. The van der Waals surface area contributed by atoms with Crippen LogP contribution in [0.15, 0.2) is 12.2 Å². The Balaban J connectivity index is 4.40. The number of aliphatic carboxylic acids is 1. The van der Waals surface area contributed by atoms with Gasteiger partial charge in [-0.3, -0.25) is 0 Å². The van der Waals surface area contributed by atoms with Crippen molar-refractivity contribution in [2.75, 3.05) is 13.2 Å². The highest BCUT2D eigenvalue weighted by Crippen LogP contribution is 2.01. The molecule has 1 amide bonds. The van der Waals surface area contributed by atoms with Gasteiger partial charge in [0, 0.05) is 24.7 Å². The molecule has 0 spiro atoms. The van der Waals surface area contributed by atoms with Crippen molar-refractivity contribution in [2.45, 2.75) is 19.9 Å². The van der Waals surface area contributed by atoms with Crippen molar-refractivity contribution >= 4 is 18.0 Å². The van der Waals surface area contributed by atoms with Crippen molar-refractivity contribution in [3.63, 3.8) is 0 Å². The number of ether oxygens (including phenoxy) is 1. The highest BCUT2D eigenvalue weighted by molar-refractivity contribution is 5.95. The average molecular weight is 245 g/mol. The van der Waals surface area contributed by atoms with Crippen molar-refractivity contribution in [1.82, 2.24) is 4.90 Å². The van der Waals surface area contributed by atoms with Crippen LogP contribution in [-0.4, -0.2) is 52.3 Å². The first-order chi connectivity index (χ1) is 7.88. The zero-order valence-electron chi connectivity index (χ0n) is 9.62. The molecular formula is C10H15NO6. The summed E-state index contributed by atoms with van der Waals surface area (Å²) in [5, 5.41) is 17.0. The third kappa shape index (κ3) is 6.31. The maximum absolute atomic E-state index is 11.4. The van der Waals surface area contributed by atoms with E-state index >= 15 is 0 Å². The first kappa shape index (κ1) is 15.1. The first-order valence-corrected chi connectivity index (χ1v) is 4.92. The van der Waals surface area contributed by atoms with Gasteiger partial charge in [-0.2, -0.15) is 0 Å². The van der Waals surface area contributed by atoms with Crippen molar-refractivity contribution in [2.24, 2.45) is 0 Å². The number of rotatable bonds is 5. The molecule has 0 aromatic carbocycles. The molecule has 7 nitrogen and oxygen atoms in total. The van der Waals surface area contributed by atoms with Gasteiger partial charge in [-0.05, 0) is 13.8 Å². The van der Waals surface area contributed by atoms with Gasteiger partial charge in [-0.25, -0.2) is 14.4 Å². The van der Waals surface area contributed by atoms with Crippen LogP contribution >= 0.6 is 0 Å². The Morgan fingerprint density at radius 2 is 1.88 bits per heavy atom. The molecule has 0 aliphatic rings. The lowest BCUT2D eigenvalue weighted by Crippen LogP contribution is -2.40. The number of carboxylic acids is 1. The van der Waals surface area contributed by atoms with Crippen LogP contribution in [0.25, 0.3) is 0 Å². The summed E-state index contributed by atoms with van der Waals surface area (Å²) in [6.07, 6.45) is 0.285. The van der Waals surface area contributed by atoms with E-state index in [0.29, 0.717) is 12.2 Å². The molecule has 0 atom stereocenters. The van der Waals surface area contributed by atoms with E-state index in [1.807, 2.05) is 0 Å². The molecule has 2 N–H and O–H groups in total. The number of aliphatic hydroxyl groups is 1. The first-order valence-electron chi connectivity index (χ1n) is 4.92. The SMILES string of the molecule is CC(C)N(CCO)C(=O)OC(=O)/C=C/C(=O)O. The number of aliphatic hydroxyl groups excluding tert-OH is 1. The summed E-state index contributed by atoms with van der Waals surface area (Å²) in [5.41, 5.74) is 0. The van der Waals surface area contributed by atoms with E-state index in [9.17, 15) is 14.4 Å². The van der Waals surface area contributed by atoms with Crippen LogP contribution in [0, 0.1) is 0 Å². The van der Waals surface area contributed by atoms with Crippen molar-refractivity contribution in [3.05, 3.63) is 12.2 Å². The molecule has 0 aromatic heterocycles. The fourth-order valence-corrected chi connectivity index (χ4v) is 0.986. The number of amides is 1. The molecule has 0 unspecified atom stereocenters. The van der Waals surface area contributed by atoms with E-state index in [0.717, 1.165) is 4.90 Å². The van der Waals surface area contributed by atoms with Crippen molar-refractivity contribution in [1.29, 1.82) is 0 Å². The number of esters is 1. The van der Waals surface area contributed by atoms with Crippen molar-refractivity contribution in [3.8, 4) is 0 Å². The second-order valence-corrected chi connectivity index (χ2v) is 3.37. The van der Waals surface area contributed by atoms with E-state index < -0.39 is 18.0 Å². The minimum absolute atomic E-state index is 0.0342. The molecule has 0 rings (SSSR count). The molecule has 0 heterocycles. The normalized spacial score (nSPS) is 10.6. The number of carbonyl (C=O) groups is 3. The Bertz CT molecular complexity index is 323. The van der Waals surface area contributed by atoms with Crippen LogP contribution in [0.1, 0.15) is 13.8 Å². The predicted molar refractivity (Wildman–Crippen MR) is 57.2 cm³/mol. The summed E-state index contributed by atoms with van der Waals surface area (Å²) in [6.45, 7) is 3.15. The van der Waals surface area contributed by atoms with Gasteiger partial charge in [0.25, 0.3) is 0 Å². The molecule has 0 radical (unpaired) electrons. The fourth-order valence-electron chi connectivity index (χ4n) is 0.986. The zero-order valence-corrected chi connectivity index (χ0v) is 9.62. The molecule has 17 heavy (non-hydrogen) atoms. The summed E-state index contributed by atoms with van der Waals surface area (Å²) >= 11 is 0. The Labute approximate surface area is 98.3 Å². The summed E-state index contributed by atoms with van der Waals surface area (Å²) in [7, 11) is 0. The van der Waals surface area contributed by atoms with Gasteiger partial charge in [0.05, 0.1) is 6.61 Å². The molecule has 0 saturated carbocycles. The summed E-state index contributed by atoms with van der Waals surface area (Å²) < 4.78 is 4.36. The quantitative estimate of drug-likeness (QED) is 0.401. The van der Waals surface area contributed by atoms with Gasteiger partial charge in [-0.1, -0.05) is 0 Å². The highest BCUT2D eigenvalue weighted by Gasteiger charge is 2.19. The number of carboxylic acid groups (broad SMARTS) is 1. The summed E-state index contributed by atoms with van der Waals surface area (Å²) in [6, 6.07) is -0.245. The molecule has 0 bridgehead atoms. The standard InChI is InChI=1S/C10H15NO6/c1-7(2)11(5-6-12)10(16)17-9(15)4-3-8(13)14/h3-4,7,12H,5-6H2,1-2H3,(H,13,14)/b4-3+. The van der Waals surface area contributed by atoms with Crippen LogP contribution in [0.5, 0.6) is 0 Å². The molecule has 0 aromatic rings. The largest absolute Gasteiger partial charge is 0.478 e. The lowest BCUT2D eigenvalue weighted by Gasteiger charge is -2.23. The van der Waals surface area contributed by atoms with Gasteiger partial charge in [-0.15, -0.1) is 0 Å². The molecule has 7 heteroatoms. The van der Waals surface area contributed by atoms with E-state index in [1.165, 1.54) is 0 Å². The molecule has 0 aliphatic heterocycles. The van der Waals surface area contributed by atoms with Crippen LogP contribution < -0.4 is 0 Å². The Kier molecular flexibility index (Phi) is 6.57. The van der Waals surface area contributed by atoms with Gasteiger partial charge >= 0.3 is 18.0 Å². The number of hydrogen-bond donors (Lipinski definition) is 2. The minimum atomic E-state index is -1.31. The topological polar surface area (TPSA) is 104 Å². The Hall–Kier alpha value is -1.89. The minimum Gasteiger partial charge on any atom is -0.478 e. The van der Waals surface area contributed by atoms with Crippen LogP contribution in [-0.2, 0) is 14.3 Å². The second kappa shape index (κ2) is 7.39. The second-order valence-electron chi connectivity index (χ2n) is 3.37. The number of carbonyl (C=O) groups excluding carboxylic acids is 2. The van der Waals surface area contributed by atoms with Crippen LogP contribution in [0.3, 0.4) is 0 Å². The lowest BCUT2D eigenvalue weighted by atomic mass is 10.3. The van der Waals surface area contributed by atoms with E-state index in [4.69, 9.17) is 10.2 Å². The smallest absolute Gasteiger partial charge is 0.418 e. The maximum atomic E-state index is 11.4. The van der Waals surface area contributed by atoms with Crippen LogP contribution in [0.4, 0.5) is 4.79 Å². The number of nitrogens with zero attached hydrogens (tertiary/aromatic N) is 1. The van der Waals surface area contributed by atoms with Gasteiger partial charge in [0.1, 0.15) is 0 Å². The van der Waals surface area contributed by atoms with Crippen molar-refractivity contribution < 1.29 is 29.3 Å². The molecule has 96 valence electrons. The monoisotopic (exact) mass is 245 g/mol. The van der Waals surface area contributed by atoms with E-state index in [1.54, 1.807) is 13.8 Å². The fraction of sp³-hybridized carbons (Fsp3) is 0.500. The average Bonchev–Trinajstić information content (AvgIpc) is 2.22. The van der Waals surface area contributed by atoms with Gasteiger partial charge in [0.2, 0.25) is 0 Å². The Morgan fingerprint density at radius 3 is 2.29 bits per heavy atom. The third-order valence-corrected chi connectivity index (χ3v) is 1.75. The maximum Gasteiger partial charge on any atom is 0.418 e. The molecule has 0 fully saturated rings. The summed E-state index contributed by atoms with van der Waals surface area (Å²) in [5.74, 6) is -2.38. The zero-order chi connectivity index (χ0) is 13.4. The Morgan fingerprint density at radius 1 is 1.29 bits per heavy atom. The predicted octanol–water partition coefficient (Wildman–Crippen LogP) is -0.00690. The molecule has 0 aliphatic carbocycles. The van der Waals surface area contributed by atoms with Crippen LogP contribution in [0.2, 0.25) is 0 Å². The highest BCUT2D eigenvalue weighted by atomic mass is 16.6. The van der Waals surface area contributed by atoms with E-state index in [-0.39, 0.29) is 19.2 Å². The third-order valence-electron chi connectivity index (χ3n) is 1.75. The summed E-state index contributed by atoms with van der Waals surface area (Å²) in [4.78, 5) is 33.7. The number of hydrogen-bond acceptors (Lipinski definition) is 5.